The SMILES string of the molecule is Cn1c(N2CCCCS2(=O)=O)nc(C(=O)NCc2ccccc2F)c(O)c1=O. The van der Waals surface area contributed by atoms with Crippen LogP contribution < -0.4 is 15.2 Å². The second kappa shape index (κ2) is 7.58. The molecule has 1 fully saturated rings. The van der Waals surface area contributed by atoms with Crippen LogP contribution in [0.1, 0.15) is 28.9 Å². The molecule has 9 nitrogen and oxygen atoms in total. The molecule has 1 aliphatic rings. The van der Waals surface area contributed by atoms with E-state index in [1.54, 1.807) is 6.07 Å². The maximum atomic E-state index is 13.7. The first-order valence-electron chi connectivity index (χ1n) is 8.54. The minimum absolute atomic E-state index is 0.0987. The summed E-state index contributed by atoms with van der Waals surface area (Å²) < 4.78 is 40.2. The first-order valence-corrected chi connectivity index (χ1v) is 10.2. The van der Waals surface area contributed by atoms with E-state index in [2.05, 4.69) is 10.3 Å². The van der Waals surface area contributed by atoms with E-state index in [0.717, 1.165) is 8.87 Å². The zero-order valence-electron chi connectivity index (χ0n) is 15.1. The molecule has 28 heavy (non-hydrogen) atoms. The average molecular weight is 410 g/mol. The molecule has 2 N–H and O–H groups in total. The maximum Gasteiger partial charge on any atom is 0.297 e. The molecule has 0 unspecified atom stereocenters. The van der Waals surface area contributed by atoms with Crippen LogP contribution in [0.2, 0.25) is 0 Å². The summed E-state index contributed by atoms with van der Waals surface area (Å²) in [6, 6.07) is 5.80. The van der Waals surface area contributed by atoms with E-state index in [1.165, 1.54) is 25.2 Å². The smallest absolute Gasteiger partial charge is 0.297 e. The zero-order chi connectivity index (χ0) is 20.5. The maximum absolute atomic E-state index is 13.7. The normalized spacial score (nSPS) is 16.0. The van der Waals surface area contributed by atoms with Gasteiger partial charge in [0.1, 0.15) is 5.82 Å². The number of anilines is 1. The standard InChI is InChI=1S/C17H19FN4O5S/c1-21-16(25)14(23)13(15(24)19-10-11-6-2-3-7-12(11)18)20-17(21)22-8-4-5-9-28(22,26)27/h2-3,6-7,23H,4-5,8-10H2,1H3,(H,19,24). The number of nitrogens with one attached hydrogen (secondary N) is 1. The van der Waals surface area contributed by atoms with Gasteiger partial charge in [-0.2, -0.15) is 0 Å². The summed E-state index contributed by atoms with van der Waals surface area (Å²) in [5.41, 5.74) is -1.37. The Morgan fingerprint density at radius 3 is 2.71 bits per heavy atom. The summed E-state index contributed by atoms with van der Waals surface area (Å²) in [6.07, 6.45) is 1.06. The van der Waals surface area contributed by atoms with Crippen LogP contribution in [-0.4, -0.2) is 41.3 Å². The molecule has 0 saturated carbocycles. The lowest BCUT2D eigenvalue weighted by Gasteiger charge is -2.28. The Morgan fingerprint density at radius 1 is 1.32 bits per heavy atom. The van der Waals surface area contributed by atoms with Gasteiger partial charge in [-0.05, 0) is 18.9 Å². The number of aromatic nitrogens is 2. The van der Waals surface area contributed by atoms with E-state index in [1.807, 2.05) is 0 Å². The molecule has 1 amide bonds. The number of nitrogens with zero attached hydrogens (tertiary/aromatic N) is 3. The molecule has 1 aromatic heterocycles. The third-order valence-corrected chi connectivity index (χ3v) is 6.25. The van der Waals surface area contributed by atoms with Crippen LogP contribution in [-0.2, 0) is 23.6 Å². The number of aromatic hydroxyl groups is 1. The highest BCUT2D eigenvalue weighted by Gasteiger charge is 2.31. The number of hydrogen-bond donors (Lipinski definition) is 2. The Bertz CT molecular complexity index is 1080. The van der Waals surface area contributed by atoms with Crippen molar-refractivity contribution in [3.8, 4) is 5.75 Å². The van der Waals surface area contributed by atoms with Crippen LogP contribution in [0.4, 0.5) is 10.3 Å². The predicted molar refractivity (Wildman–Crippen MR) is 99.1 cm³/mol. The van der Waals surface area contributed by atoms with Crippen LogP contribution >= 0.6 is 0 Å². The second-order valence-electron chi connectivity index (χ2n) is 6.34. The summed E-state index contributed by atoms with van der Waals surface area (Å²) in [5.74, 6) is -2.71. The fraction of sp³-hybridized carbons (Fsp3) is 0.353. The van der Waals surface area contributed by atoms with Crippen LogP contribution in [0.3, 0.4) is 0 Å². The number of amides is 1. The molecule has 11 heteroatoms. The molecule has 2 heterocycles. The average Bonchev–Trinajstić information content (AvgIpc) is 2.66. The quantitative estimate of drug-likeness (QED) is 0.756. The Kier molecular flexibility index (Phi) is 5.36. The molecule has 2 aromatic rings. The fourth-order valence-corrected chi connectivity index (χ4v) is 4.48. The van der Waals surface area contributed by atoms with Crippen molar-refractivity contribution < 1.29 is 22.7 Å². The van der Waals surface area contributed by atoms with Crippen molar-refractivity contribution in [1.82, 2.24) is 14.9 Å². The summed E-state index contributed by atoms with van der Waals surface area (Å²) in [5, 5.41) is 12.4. The lowest BCUT2D eigenvalue weighted by Crippen LogP contribution is -2.42. The summed E-state index contributed by atoms with van der Waals surface area (Å²) in [7, 11) is -2.42. The molecular weight excluding hydrogens is 391 g/mol. The minimum Gasteiger partial charge on any atom is -0.501 e. The highest BCUT2D eigenvalue weighted by Crippen LogP contribution is 2.22. The van der Waals surface area contributed by atoms with Crippen LogP contribution in [0.15, 0.2) is 29.1 Å². The Balaban J connectivity index is 1.95. The van der Waals surface area contributed by atoms with Gasteiger partial charge in [-0.3, -0.25) is 14.2 Å². The van der Waals surface area contributed by atoms with Crippen LogP contribution in [0.25, 0.3) is 0 Å². The lowest BCUT2D eigenvalue weighted by molar-refractivity contribution is 0.0942. The van der Waals surface area contributed by atoms with Gasteiger partial charge in [0, 0.05) is 25.7 Å². The Hall–Kier alpha value is -2.95. The molecule has 1 aliphatic heterocycles. The highest BCUT2D eigenvalue weighted by atomic mass is 32.2. The molecule has 0 radical (unpaired) electrons. The number of hydrogen-bond acceptors (Lipinski definition) is 6. The molecular formula is C17H19FN4O5S. The molecule has 0 aliphatic carbocycles. The molecule has 1 saturated heterocycles. The molecule has 1 aromatic carbocycles. The predicted octanol–water partition coefficient (Wildman–Crippen LogP) is 0.485. The second-order valence-corrected chi connectivity index (χ2v) is 8.36. The number of carbonyl (C=O) groups is 1. The van der Waals surface area contributed by atoms with Gasteiger partial charge in [0.05, 0.1) is 5.75 Å². The van der Waals surface area contributed by atoms with Crippen molar-refractivity contribution in [1.29, 1.82) is 0 Å². The van der Waals surface area contributed by atoms with E-state index in [0.29, 0.717) is 12.8 Å². The number of benzene rings is 1. The highest BCUT2D eigenvalue weighted by molar-refractivity contribution is 7.92. The fourth-order valence-electron chi connectivity index (χ4n) is 2.87. The number of halogens is 1. The van der Waals surface area contributed by atoms with Crippen LogP contribution in [0.5, 0.6) is 5.75 Å². The third-order valence-electron chi connectivity index (χ3n) is 4.43. The van der Waals surface area contributed by atoms with Crippen LogP contribution in [0, 0.1) is 5.82 Å². The van der Waals surface area contributed by atoms with Gasteiger partial charge in [-0.1, -0.05) is 18.2 Å². The van der Waals surface area contributed by atoms with Crippen molar-refractivity contribution in [3.63, 3.8) is 0 Å². The summed E-state index contributed by atoms with van der Waals surface area (Å²) in [6.45, 7) is -0.0805. The van der Waals surface area contributed by atoms with E-state index in [-0.39, 0.29) is 30.4 Å². The van der Waals surface area contributed by atoms with Crippen molar-refractivity contribution in [2.45, 2.75) is 19.4 Å². The zero-order valence-corrected chi connectivity index (χ0v) is 15.9. The first-order chi connectivity index (χ1) is 13.2. The van der Waals surface area contributed by atoms with Gasteiger partial charge in [-0.15, -0.1) is 0 Å². The lowest BCUT2D eigenvalue weighted by atomic mass is 10.2. The van der Waals surface area contributed by atoms with Crippen molar-refractivity contribution in [3.05, 3.63) is 51.7 Å². The van der Waals surface area contributed by atoms with Crippen molar-refractivity contribution >= 4 is 21.9 Å². The Labute approximate surface area is 160 Å². The van der Waals surface area contributed by atoms with Crippen molar-refractivity contribution in [2.75, 3.05) is 16.6 Å². The molecule has 0 spiro atoms. The first kappa shape index (κ1) is 19.8. The summed E-state index contributed by atoms with van der Waals surface area (Å²) in [4.78, 5) is 28.7. The largest absolute Gasteiger partial charge is 0.501 e. The van der Waals surface area contributed by atoms with Gasteiger partial charge in [0.25, 0.3) is 11.5 Å². The van der Waals surface area contributed by atoms with Gasteiger partial charge in [0.2, 0.25) is 21.7 Å². The van der Waals surface area contributed by atoms with Gasteiger partial charge in [0.15, 0.2) is 5.69 Å². The molecule has 0 bridgehead atoms. The summed E-state index contributed by atoms with van der Waals surface area (Å²) >= 11 is 0. The van der Waals surface area contributed by atoms with E-state index in [4.69, 9.17) is 0 Å². The van der Waals surface area contributed by atoms with Gasteiger partial charge in [-0.25, -0.2) is 22.1 Å². The topological polar surface area (TPSA) is 122 Å². The van der Waals surface area contributed by atoms with E-state index in [9.17, 15) is 27.5 Å². The number of sulfonamides is 1. The number of carbonyl (C=O) groups excluding carboxylic acids is 1. The molecule has 0 atom stereocenters. The van der Waals surface area contributed by atoms with E-state index >= 15 is 0 Å². The number of rotatable bonds is 4. The minimum atomic E-state index is -3.68. The Morgan fingerprint density at radius 2 is 2.04 bits per heavy atom. The van der Waals surface area contributed by atoms with Crippen molar-refractivity contribution in [2.24, 2.45) is 7.05 Å². The molecule has 3 rings (SSSR count). The monoisotopic (exact) mass is 410 g/mol. The molecule has 150 valence electrons. The van der Waals surface area contributed by atoms with Gasteiger partial charge >= 0.3 is 0 Å². The third kappa shape index (κ3) is 3.70. The van der Waals surface area contributed by atoms with E-state index < -0.39 is 38.8 Å². The van der Waals surface area contributed by atoms with Gasteiger partial charge < -0.3 is 10.4 Å².